The van der Waals surface area contributed by atoms with Crippen molar-refractivity contribution in [2.24, 2.45) is 20.0 Å². The number of aliphatic imine (C=N–C) groups is 4. The molecule has 3 aromatic rings. The van der Waals surface area contributed by atoms with Crippen LogP contribution in [0.25, 0.3) is 10.8 Å². The van der Waals surface area contributed by atoms with Crippen molar-refractivity contribution in [3.05, 3.63) is 96.6 Å². The third-order valence-electron chi connectivity index (χ3n) is 5.30. The molecule has 0 spiro atoms. The lowest BCUT2D eigenvalue weighted by molar-refractivity contribution is 0.857. The highest BCUT2D eigenvalue weighted by Crippen LogP contribution is 2.30. The Morgan fingerprint density at radius 1 is 0.638 bits per heavy atom. The van der Waals surface area contributed by atoms with Gasteiger partial charge in [-0.25, -0.2) is 4.99 Å². The topological polar surface area (TPSA) is 101 Å². The van der Waals surface area contributed by atoms with Crippen molar-refractivity contribution in [2.75, 3.05) is 6.54 Å². The molecule has 8 rings (SSSR count). The van der Waals surface area contributed by atoms with Gasteiger partial charge in [-0.2, -0.15) is 0 Å². The molecular formula is C39H58N8. The number of nitrogens with zero attached hydrogens (tertiary/aromatic N) is 8. The first-order valence-corrected chi connectivity index (χ1v) is 17.1. The lowest BCUT2D eigenvalue weighted by atomic mass is 10.1. The molecule has 2 aromatic heterocycles. The number of allylic oxidation sites excluding steroid dienone is 6. The summed E-state index contributed by atoms with van der Waals surface area (Å²) in [4.78, 5) is 20.3. The molecule has 0 radical (unpaired) electrons. The number of fused-ring (bicyclic) bond motifs is 4. The molecule has 0 bridgehead atoms. The number of benzene rings is 1. The summed E-state index contributed by atoms with van der Waals surface area (Å²) in [6.07, 6.45) is 31.0. The van der Waals surface area contributed by atoms with Crippen LogP contribution in [0.2, 0.25) is 0 Å². The second-order valence-electron chi connectivity index (χ2n) is 7.94. The average molecular weight is 639 g/mol. The van der Waals surface area contributed by atoms with Gasteiger partial charge in [-0.3, -0.25) is 20.0 Å². The normalized spacial score (nSPS) is 12.6. The van der Waals surface area contributed by atoms with E-state index in [2.05, 4.69) is 76.8 Å². The van der Waals surface area contributed by atoms with E-state index in [0.29, 0.717) is 5.82 Å². The first-order chi connectivity index (χ1) is 23.4. The molecule has 8 nitrogen and oxygen atoms in total. The fraction of sp³-hybridized carbons (Fsp3) is 0.385. The van der Waals surface area contributed by atoms with E-state index in [9.17, 15) is 0 Å². The largest absolute Gasteiger partial charge is 0.289 e. The van der Waals surface area contributed by atoms with E-state index in [1.54, 1.807) is 24.8 Å². The highest BCUT2D eigenvalue weighted by atomic mass is 15.3. The van der Waals surface area contributed by atoms with Crippen LogP contribution in [0.5, 0.6) is 0 Å². The van der Waals surface area contributed by atoms with Gasteiger partial charge in [-0.05, 0) is 17.7 Å². The maximum Gasteiger partial charge on any atom is 0.181 e. The van der Waals surface area contributed by atoms with Crippen LogP contribution in [-0.4, -0.2) is 51.8 Å². The van der Waals surface area contributed by atoms with Crippen LogP contribution in [-0.2, 0) is 12.8 Å². The molecular weight excluding hydrogens is 580 g/mol. The molecule has 0 atom stereocenters. The highest BCUT2D eigenvalue weighted by molar-refractivity contribution is 5.96. The fourth-order valence-electron chi connectivity index (χ4n) is 3.48. The first-order valence-electron chi connectivity index (χ1n) is 17.1. The van der Waals surface area contributed by atoms with E-state index >= 15 is 0 Å². The van der Waals surface area contributed by atoms with Gasteiger partial charge in [0.05, 0.1) is 24.1 Å². The summed E-state index contributed by atoms with van der Waals surface area (Å²) in [5.41, 5.74) is 3.21. The summed E-state index contributed by atoms with van der Waals surface area (Å²) in [6, 6.07) is 8.22. The monoisotopic (exact) mass is 638 g/mol. The molecule has 1 aliphatic carbocycles. The second-order valence-corrected chi connectivity index (χ2v) is 7.94. The van der Waals surface area contributed by atoms with Gasteiger partial charge in [0, 0.05) is 72.9 Å². The average Bonchev–Trinajstić information content (AvgIpc) is 4.04. The van der Waals surface area contributed by atoms with E-state index in [4.69, 9.17) is 0 Å². The van der Waals surface area contributed by atoms with E-state index < -0.39 is 0 Å². The number of hydrogen-bond acceptors (Lipinski definition) is 8. The Labute approximate surface area is 285 Å². The van der Waals surface area contributed by atoms with Gasteiger partial charge >= 0.3 is 0 Å². The van der Waals surface area contributed by atoms with Crippen molar-refractivity contribution >= 4 is 47.1 Å². The quantitative estimate of drug-likeness (QED) is 0.244. The van der Waals surface area contributed by atoms with Crippen LogP contribution in [0.3, 0.4) is 0 Å². The third-order valence-corrected chi connectivity index (χ3v) is 5.30. The molecule has 0 saturated carbocycles. The van der Waals surface area contributed by atoms with Crippen LogP contribution in [0.1, 0.15) is 93.3 Å². The Hall–Kier alpha value is -4.72. The number of aromatic nitrogens is 4. The summed E-state index contributed by atoms with van der Waals surface area (Å²) in [5, 5.41) is 13.1. The predicted molar refractivity (Wildman–Crippen MR) is 210 cm³/mol. The smallest absolute Gasteiger partial charge is 0.181 e. The number of pyridine rings is 1. The van der Waals surface area contributed by atoms with Crippen molar-refractivity contribution in [1.82, 2.24) is 20.4 Å². The summed E-state index contributed by atoms with van der Waals surface area (Å²) >= 11 is 0. The summed E-state index contributed by atoms with van der Waals surface area (Å²) in [6.45, 7) is 20.9. The van der Waals surface area contributed by atoms with E-state index in [1.165, 1.54) is 10.8 Å². The molecule has 47 heavy (non-hydrogen) atoms. The van der Waals surface area contributed by atoms with Gasteiger partial charge in [0.15, 0.2) is 5.82 Å². The molecule has 0 N–H and O–H groups in total. The summed E-state index contributed by atoms with van der Waals surface area (Å²) in [5.74, 6) is 0.713. The van der Waals surface area contributed by atoms with Gasteiger partial charge in [0.25, 0.3) is 0 Å². The Kier molecular flexibility index (Phi) is 32.3. The van der Waals surface area contributed by atoms with Gasteiger partial charge in [-0.15, -0.1) is 10.2 Å². The summed E-state index contributed by atoms with van der Waals surface area (Å²) < 4.78 is 0. The van der Waals surface area contributed by atoms with E-state index in [0.717, 1.165) is 49.2 Å². The molecule has 8 heteroatoms. The molecule has 0 fully saturated rings. The minimum absolute atomic E-state index is 0.713. The molecule has 254 valence electrons. The molecule has 0 amide bonds. The zero-order chi connectivity index (χ0) is 35.4. The van der Waals surface area contributed by atoms with E-state index in [-0.39, 0.29) is 0 Å². The fourth-order valence-corrected chi connectivity index (χ4v) is 3.48. The second kappa shape index (κ2) is 34.2. The van der Waals surface area contributed by atoms with Crippen molar-refractivity contribution in [2.45, 2.75) is 94.9 Å². The van der Waals surface area contributed by atoms with Crippen LogP contribution >= 0.6 is 0 Å². The minimum atomic E-state index is 0.713. The third kappa shape index (κ3) is 19.4. The molecule has 1 aromatic carbocycles. The Balaban J connectivity index is 0. The molecule has 0 saturated heterocycles. The molecule has 5 aliphatic rings. The molecule has 0 unspecified atom stereocenters. The number of hydrogen-bond donors (Lipinski definition) is 0. The van der Waals surface area contributed by atoms with Gasteiger partial charge < -0.3 is 0 Å². The Morgan fingerprint density at radius 2 is 1.34 bits per heavy atom. The van der Waals surface area contributed by atoms with Crippen LogP contribution in [0.15, 0.2) is 105 Å². The lowest BCUT2D eigenvalue weighted by Crippen LogP contribution is -1.87. The molecule has 6 heterocycles. The van der Waals surface area contributed by atoms with Crippen LogP contribution < -0.4 is 0 Å². The van der Waals surface area contributed by atoms with Crippen LogP contribution in [0, 0.1) is 0 Å². The van der Waals surface area contributed by atoms with Crippen molar-refractivity contribution < 1.29 is 0 Å². The highest BCUT2D eigenvalue weighted by Gasteiger charge is 2.10. The minimum Gasteiger partial charge on any atom is -0.289 e. The molecule has 4 aliphatic heterocycles. The lowest BCUT2D eigenvalue weighted by Gasteiger charge is -2.01. The van der Waals surface area contributed by atoms with Crippen molar-refractivity contribution in [3.8, 4) is 0 Å². The van der Waals surface area contributed by atoms with Gasteiger partial charge in [0.1, 0.15) is 0 Å². The number of rotatable bonds is 0. The van der Waals surface area contributed by atoms with Crippen LogP contribution in [0.4, 0.5) is 11.5 Å². The predicted octanol–water partition coefficient (Wildman–Crippen LogP) is 10.9. The van der Waals surface area contributed by atoms with Crippen molar-refractivity contribution in [1.29, 1.82) is 0 Å². The van der Waals surface area contributed by atoms with E-state index in [1.807, 2.05) is 118 Å². The van der Waals surface area contributed by atoms with Gasteiger partial charge in [0.2, 0.25) is 0 Å². The Bertz CT molecular complexity index is 1330. The maximum absolute atomic E-state index is 4.36. The SMILES string of the molecule is C1=CCC=C1.C1=CCN=C1.C1=CN=CC1.C1=Nc2c(ncc3ccccc23)C1.C1=Nc2nnncc2C1.CC.CC.CC.CC.CC. The first kappa shape index (κ1) is 44.4. The standard InChI is InChI=1S/C11H8N2.C5H4N4.C5H6.2C4H5N.5C2H6/c1-2-4-9-8(3-1)7-13-10-5-6-12-11(9)10;1-2-6-5-4(1)3-7-9-8-5;3*1-2-4-5-3-1;5*1-2/h1-4,6-7H,5H2;2-3H,1H2;1-4H,5H2;1,3-4H,2H2;1-3H,4H2;5*1-2H3. The summed E-state index contributed by atoms with van der Waals surface area (Å²) in [7, 11) is 0. The zero-order valence-corrected chi connectivity index (χ0v) is 30.5. The maximum atomic E-state index is 4.36. The zero-order valence-electron chi connectivity index (χ0n) is 30.5. The Morgan fingerprint density at radius 3 is 1.85 bits per heavy atom. The van der Waals surface area contributed by atoms with Gasteiger partial charge in [-0.1, -0.05) is 130 Å². The van der Waals surface area contributed by atoms with Crippen molar-refractivity contribution in [3.63, 3.8) is 0 Å².